The number of aliphatic hydroxyl groups excluding tert-OH is 1. The van der Waals surface area contributed by atoms with Crippen molar-refractivity contribution in [3.05, 3.63) is 33.3 Å². The molecule has 1 spiro atoms. The Labute approximate surface area is 168 Å². The predicted octanol–water partition coefficient (Wildman–Crippen LogP) is 2.82. The molecule has 1 N–H and O–H groups in total. The SMILES string of the molecule is CCc1cc2c(s1)C1(CCN(Cc3cn(CCSC)nn3)CC1)OCC2O. The van der Waals surface area contributed by atoms with Gasteiger partial charge in [-0.3, -0.25) is 9.58 Å². The van der Waals surface area contributed by atoms with Crippen LogP contribution in [0.2, 0.25) is 0 Å². The molecule has 0 saturated carbocycles. The van der Waals surface area contributed by atoms with Gasteiger partial charge in [-0.05, 0) is 37.1 Å². The van der Waals surface area contributed by atoms with Crippen molar-refractivity contribution in [2.24, 2.45) is 0 Å². The Hall–Kier alpha value is -0.930. The maximum Gasteiger partial charge on any atom is 0.105 e. The first-order valence-electron chi connectivity index (χ1n) is 9.69. The number of fused-ring (bicyclic) bond motifs is 2. The van der Waals surface area contributed by atoms with Crippen molar-refractivity contribution in [1.29, 1.82) is 0 Å². The lowest BCUT2D eigenvalue weighted by Crippen LogP contribution is -2.46. The van der Waals surface area contributed by atoms with E-state index in [9.17, 15) is 5.11 Å². The number of nitrogens with zero attached hydrogens (tertiary/aromatic N) is 4. The molecule has 1 atom stereocenters. The maximum atomic E-state index is 10.3. The van der Waals surface area contributed by atoms with Crippen molar-refractivity contribution in [1.82, 2.24) is 19.9 Å². The van der Waals surface area contributed by atoms with Gasteiger partial charge in [0.05, 0.1) is 18.8 Å². The molecule has 2 aliphatic rings. The molecule has 0 radical (unpaired) electrons. The zero-order valence-corrected chi connectivity index (χ0v) is 17.7. The molecule has 1 saturated heterocycles. The van der Waals surface area contributed by atoms with Crippen molar-refractivity contribution >= 4 is 23.1 Å². The summed E-state index contributed by atoms with van der Waals surface area (Å²) < 4.78 is 8.19. The van der Waals surface area contributed by atoms with E-state index in [0.29, 0.717) is 6.61 Å². The first kappa shape index (κ1) is 19.4. The minimum atomic E-state index is -0.475. The number of thioether (sulfide) groups is 1. The summed E-state index contributed by atoms with van der Waals surface area (Å²) in [7, 11) is 0. The lowest BCUT2D eigenvalue weighted by atomic mass is 9.84. The Bertz CT molecular complexity index is 768. The summed E-state index contributed by atoms with van der Waals surface area (Å²) in [5, 5.41) is 18.9. The van der Waals surface area contributed by atoms with Gasteiger partial charge < -0.3 is 9.84 Å². The van der Waals surface area contributed by atoms with Gasteiger partial charge in [-0.15, -0.1) is 16.4 Å². The van der Waals surface area contributed by atoms with Gasteiger partial charge >= 0.3 is 0 Å². The molecule has 27 heavy (non-hydrogen) atoms. The van der Waals surface area contributed by atoms with Crippen LogP contribution in [-0.4, -0.2) is 56.7 Å². The Kier molecular flexibility index (Phi) is 5.89. The van der Waals surface area contributed by atoms with Gasteiger partial charge in [-0.25, -0.2) is 0 Å². The number of likely N-dealkylation sites (tertiary alicyclic amines) is 1. The first-order chi connectivity index (χ1) is 13.1. The van der Waals surface area contributed by atoms with Crippen LogP contribution in [0.1, 0.15) is 46.9 Å². The Morgan fingerprint density at radius 3 is 2.96 bits per heavy atom. The lowest BCUT2D eigenvalue weighted by molar-refractivity contribution is -0.129. The average Bonchev–Trinajstić information content (AvgIpc) is 3.33. The molecule has 0 amide bonds. The van der Waals surface area contributed by atoms with E-state index in [0.717, 1.165) is 62.5 Å². The van der Waals surface area contributed by atoms with Gasteiger partial charge in [0, 0.05) is 41.3 Å². The van der Waals surface area contributed by atoms with E-state index in [1.54, 1.807) is 0 Å². The molecule has 0 aromatic carbocycles. The molecule has 6 nitrogen and oxygen atoms in total. The van der Waals surface area contributed by atoms with Gasteiger partial charge in [0.1, 0.15) is 11.7 Å². The van der Waals surface area contributed by atoms with Crippen LogP contribution in [0.15, 0.2) is 12.3 Å². The largest absolute Gasteiger partial charge is 0.386 e. The van der Waals surface area contributed by atoms with Crippen molar-refractivity contribution in [3.63, 3.8) is 0 Å². The third-order valence-electron chi connectivity index (χ3n) is 5.61. The van der Waals surface area contributed by atoms with Crippen LogP contribution >= 0.6 is 23.1 Å². The summed E-state index contributed by atoms with van der Waals surface area (Å²) in [4.78, 5) is 5.05. The van der Waals surface area contributed by atoms with Gasteiger partial charge in [0.15, 0.2) is 0 Å². The second kappa shape index (κ2) is 8.21. The molecule has 4 heterocycles. The molecule has 0 aliphatic carbocycles. The molecule has 0 bridgehead atoms. The number of piperidine rings is 1. The molecular formula is C19H28N4O2S2. The summed E-state index contributed by atoms with van der Waals surface area (Å²) in [5.74, 6) is 1.06. The standard InChI is InChI=1S/C19H28N4O2S2/c1-3-15-10-16-17(24)13-25-19(18(16)27-15)4-6-22(7-5-19)11-14-12-23(21-20-14)8-9-26-2/h10,12,17,24H,3-9,11,13H2,1-2H3. The monoisotopic (exact) mass is 408 g/mol. The zero-order chi connectivity index (χ0) is 18.9. The van der Waals surface area contributed by atoms with Crippen molar-refractivity contribution in [2.75, 3.05) is 31.7 Å². The quantitative estimate of drug-likeness (QED) is 0.793. The van der Waals surface area contributed by atoms with E-state index >= 15 is 0 Å². The molecule has 2 aromatic heterocycles. The zero-order valence-electron chi connectivity index (χ0n) is 16.1. The van der Waals surface area contributed by atoms with Crippen LogP contribution in [0.4, 0.5) is 0 Å². The highest BCUT2D eigenvalue weighted by Gasteiger charge is 2.44. The van der Waals surface area contributed by atoms with Gasteiger partial charge in [0.25, 0.3) is 0 Å². The highest BCUT2D eigenvalue weighted by atomic mass is 32.2. The topological polar surface area (TPSA) is 63.4 Å². The summed E-state index contributed by atoms with van der Waals surface area (Å²) >= 11 is 3.65. The van der Waals surface area contributed by atoms with Crippen molar-refractivity contribution in [3.8, 4) is 0 Å². The summed E-state index contributed by atoms with van der Waals surface area (Å²) in [5.41, 5.74) is 1.93. The average molecular weight is 409 g/mol. The maximum absolute atomic E-state index is 10.3. The second-order valence-corrected chi connectivity index (χ2v) is 9.54. The fourth-order valence-corrected chi connectivity index (χ4v) is 5.73. The van der Waals surface area contributed by atoms with E-state index in [4.69, 9.17) is 4.74 Å². The molecule has 148 valence electrons. The highest BCUT2D eigenvalue weighted by Crippen LogP contribution is 2.48. The fraction of sp³-hybridized carbons (Fsp3) is 0.684. The number of hydrogen-bond acceptors (Lipinski definition) is 7. The molecule has 1 unspecified atom stereocenters. The first-order valence-corrected chi connectivity index (χ1v) is 11.9. The third-order valence-corrected chi connectivity index (χ3v) is 7.68. The highest BCUT2D eigenvalue weighted by molar-refractivity contribution is 7.98. The van der Waals surface area contributed by atoms with Crippen LogP contribution < -0.4 is 0 Å². The lowest BCUT2D eigenvalue weighted by Gasteiger charge is -2.44. The molecule has 2 aliphatic heterocycles. The van der Waals surface area contributed by atoms with E-state index in [2.05, 4.69) is 40.7 Å². The van der Waals surface area contributed by atoms with E-state index in [1.807, 2.05) is 27.8 Å². The summed E-state index contributed by atoms with van der Waals surface area (Å²) in [6, 6.07) is 2.19. The van der Waals surface area contributed by atoms with Crippen molar-refractivity contribution < 1.29 is 9.84 Å². The van der Waals surface area contributed by atoms with Gasteiger partial charge in [0.2, 0.25) is 0 Å². The number of aromatic nitrogens is 3. The number of thiophene rings is 1. The van der Waals surface area contributed by atoms with Crippen LogP contribution in [-0.2, 0) is 29.8 Å². The molecule has 4 rings (SSSR count). The Balaban J connectivity index is 1.41. The van der Waals surface area contributed by atoms with Crippen molar-refractivity contribution in [2.45, 2.75) is 51.0 Å². The fourth-order valence-electron chi connectivity index (χ4n) is 4.01. The van der Waals surface area contributed by atoms with E-state index < -0.39 is 6.10 Å². The van der Waals surface area contributed by atoms with Crippen LogP contribution in [0.25, 0.3) is 0 Å². The number of aliphatic hydroxyl groups is 1. The Morgan fingerprint density at radius 1 is 1.41 bits per heavy atom. The molecule has 1 fully saturated rings. The Morgan fingerprint density at radius 2 is 2.22 bits per heavy atom. The second-order valence-electron chi connectivity index (χ2n) is 7.41. The number of aryl methyl sites for hydroxylation is 2. The number of rotatable bonds is 6. The smallest absolute Gasteiger partial charge is 0.105 e. The van der Waals surface area contributed by atoms with Crippen LogP contribution in [0.5, 0.6) is 0 Å². The summed E-state index contributed by atoms with van der Waals surface area (Å²) in [6.07, 6.45) is 6.65. The van der Waals surface area contributed by atoms with Gasteiger partial charge in [-0.2, -0.15) is 11.8 Å². The number of ether oxygens (including phenoxy) is 1. The van der Waals surface area contributed by atoms with E-state index in [1.165, 1.54) is 9.75 Å². The normalized spacial score (nSPS) is 22.3. The minimum Gasteiger partial charge on any atom is -0.386 e. The van der Waals surface area contributed by atoms with E-state index in [-0.39, 0.29) is 5.60 Å². The minimum absolute atomic E-state index is 0.209. The van der Waals surface area contributed by atoms with Crippen LogP contribution in [0, 0.1) is 0 Å². The summed E-state index contributed by atoms with van der Waals surface area (Å²) in [6.45, 7) is 6.30. The predicted molar refractivity (Wildman–Crippen MR) is 109 cm³/mol. The molecule has 8 heteroatoms. The molecule has 2 aromatic rings. The van der Waals surface area contributed by atoms with Gasteiger partial charge in [-0.1, -0.05) is 12.1 Å². The van der Waals surface area contributed by atoms with Crippen LogP contribution in [0.3, 0.4) is 0 Å². The third kappa shape index (κ3) is 3.96. The molecular weight excluding hydrogens is 380 g/mol. The number of hydrogen-bond donors (Lipinski definition) is 1.